The van der Waals surface area contributed by atoms with Crippen LogP contribution in [0.5, 0.6) is 5.75 Å². The van der Waals surface area contributed by atoms with Crippen LogP contribution < -0.4 is 10.1 Å². The molecule has 1 unspecified atom stereocenters. The number of thiazole rings is 1. The van der Waals surface area contributed by atoms with E-state index in [4.69, 9.17) is 9.72 Å². The van der Waals surface area contributed by atoms with Crippen LogP contribution in [0.25, 0.3) is 33.6 Å². The van der Waals surface area contributed by atoms with Crippen LogP contribution in [-0.4, -0.2) is 27.7 Å². The van der Waals surface area contributed by atoms with E-state index in [1.54, 1.807) is 6.92 Å². The number of benzene rings is 3. The zero-order chi connectivity index (χ0) is 27.9. The molecule has 8 heteroatoms. The molecule has 1 amide bonds. The molecule has 40 heavy (non-hydrogen) atoms. The van der Waals surface area contributed by atoms with Crippen molar-refractivity contribution in [1.29, 1.82) is 5.26 Å². The molecule has 1 atom stereocenters. The van der Waals surface area contributed by atoms with Crippen LogP contribution in [0.3, 0.4) is 0 Å². The molecule has 0 spiro atoms. The smallest absolute Gasteiger partial charge is 0.239 e. The Morgan fingerprint density at radius 2 is 1.60 bits per heavy atom. The van der Waals surface area contributed by atoms with Gasteiger partial charge in [0, 0.05) is 22.1 Å². The van der Waals surface area contributed by atoms with Gasteiger partial charge in [0.2, 0.25) is 5.91 Å². The van der Waals surface area contributed by atoms with Crippen molar-refractivity contribution in [2.75, 3.05) is 11.9 Å². The summed E-state index contributed by atoms with van der Waals surface area (Å²) in [6.45, 7) is 4.36. The molecule has 3 aromatic carbocycles. The van der Waals surface area contributed by atoms with Crippen molar-refractivity contribution in [1.82, 2.24) is 9.97 Å². The van der Waals surface area contributed by atoms with Gasteiger partial charge in [0.05, 0.1) is 28.8 Å². The quantitative estimate of drug-likeness (QED) is 0.184. The molecule has 0 bridgehead atoms. The Morgan fingerprint density at radius 3 is 2.25 bits per heavy atom. The maximum atomic E-state index is 13.2. The fraction of sp³-hybridized carbons (Fsp3) is 0.125. The molecule has 2 aromatic heterocycles. The van der Waals surface area contributed by atoms with Crippen molar-refractivity contribution in [3.05, 3.63) is 102 Å². The number of carbonyl (C=O) groups is 1. The van der Waals surface area contributed by atoms with Gasteiger partial charge in [-0.05, 0) is 49.7 Å². The first kappa shape index (κ1) is 27.1. The second kappa shape index (κ2) is 12.6. The number of hydrogen-bond acceptors (Lipinski definition) is 7. The van der Waals surface area contributed by atoms with E-state index in [0.29, 0.717) is 22.3 Å². The average molecular weight is 563 g/mol. The number of hydrogen-bond donors (Lipinski definition) is 1. The number of aromatic nitrogens is 2. The van der Waals surface area contributed by atoms with Crippen molar-refractivity contribution < 1.29 is 9.53 Å². The highest BCUT2D eigenvalue weighted by Gasteiger charge is 2.22. The van der Waals surface area contributed by atoms with Crippen LogP contribution in [0.15, 0.2) is 101 Å². The zero-order valence-electron chi connectivity index (χ0n) is 22.0. The number of carbonyl (C=O) groups excluding carboxylic acids is 1. The molecule has 0 fully saturated rings. The van der Waals surface area contributed by atoms with Crippen LogP contribution in [0.2, 0.25) is 0 Å². The number of nitrogens with one attached hydrogen (secondary N) is 1. The molecule has 6 nitrogen and oxygen atoms in total. The highest BCUT2D eigenvalue weighted by Crippen LogP contribution is 2.36. The first-order valence-electron chi connectivity index (χ1n) is 12.8. The lowest BCUT2D eigenvalue weighted by Gasteiger charge is -2.15. The molecule has 0 aliphatic rings. The standard InChI is InChI=1S/C32H26N4O2S2/c1-3-38-25-16-14-24(15-17-25)29-20-39-32(35-29)36-30(37)21(2)40-31-27(19-33)26(22-10-6-4-7-11-22)18-28(34-31)23-12-8-5-9-13-23/h4-18,20-21H,3H2,1-2H3,(H,35,36,37). The Hall–Kier alpha value is -4.45. The second-order valence-corrected chi connectivity index (χ2v) is 11.0. The Labute approximate surface area is 241 Å². The molecule has 0 saturated heterocycles. The van der Waals surface area contributed by atoms with Gasteiger partial charge in [0.1, 0.15) is 16.8 Å². The highest BCUT2D eigenvalue weighted by molar-refractivity contribution is 8.00. The summed E-state index contributed by atoms with van der Waals surface area (Å²) in [6, 6.07) is 31.6. The fourth-order valence-electron chi connectivity index (χ4n) is 4.10. The Kier molecular flexibility index (Phi) is 8.55. The minimum absolute atomic E-state index is 0.213. The van der Waals surface area contributed by atoms with Gasteiger partial charge in [-0.1, -0.05) is 72.4 Å². The SMILES string of the molecule is CCOc1ccc(-c2csc(NC(=O)C(C)Sc3nc(-c4ccccc4)cc(-c4ccccc4)c3C#N)n2)cc1. The minimum atomic E-state index is -0.521. The second-order valence-electron chi connectivity index (χ2n) is 8.82. The van der Waals surface area contributed by atoms with Gasteiger partial charge in [-0.2, -0.15) is 5.26 Å². The van der Waals surface area contributed by atoms with Gasteiger partial charge in [0.25, 0.3) is 0 Å². The summed E-state index contributed by atoms with van der Waals surface area (Å²) in [5.74, 6) is 0.590. The third-order valence-electron chi connectivity index (χ3n) is 6.11. The van der Waals surface area contributed by atoms with E-state index < -0.39 is 5.25 Å². The molecular weight excluding hydrogens is 537 g/mol. The van der Waals surface area contributed by atoms with Gasteiger partial charge in [-0.15, -0.1) is 11.3 Å². The van der Waals surface area contributed by atoms with Crippen LogP contribution in [-0.2, 0) is 4.79 Å². The van der Waals surface area contributed by atoms with E-state index in [1.807, 2.05) is 103 Å². The minimum Gasteiger partial charge on any atom is -0.494 e. The van der Waals surface area contributed by atoms with Crippen molar-refractivity contribution >= 4 is 34.1 Å². The lowest BCUT2D eigenvalue weighted by Crippen LogP contribution is -2.22. The Bertz CT molecular complexity index is 1650. The number of nitrogens with zero attached hydrogens (tertiary/aromatic N) is 3. The molecule has 198 valence electrons. The first-order valence-corrected chi connectivity index (χ1v) is 14.5. The van der Waals surface area contributed by atoms with E-state index in [-0.39, 0.29) is 5.91 Å². The van der Waals surface area contributed by atoms with E-state index in [2.05, 4.69) is 16.4 Å². The number of nitriles is 1. The molecule has 1 N–H and O–H groups in total. The normalized spacial score (nSPS) is 11.4. The van der Waals surface area contributed by atoms with Crippen molar-refractivity contribution in [3.8, 4) is 45.5 Å². The number of thioether (sulfide) groups is 1. The lowest BCUT2D eigenvalue weighted by molar-refractivity contribution is -0.115. The number of anilines is 1. The topological polar surface area (TPSA) is 87.9 Å². The van der Waals surface area contributed by atoms with E-state index in [1.165, 1.54) is 23.1 Å². The van der Waals surface area contributed by atoms with Crippen molar-refractivity contribution in [3.63, 3.8) is 0 Å². The maximum Gasteiger partial charge on any atom is 0.239 e. The summed E-state index contributed by atoms with van der Waals surface area (Å²) in [5.41, 5.74) is 5.55. The summed E-state index contributed by atoms with van der Waals surface area (Å²) in [7, 11) is 0. The van der Waals surface area contributed by atoms with Gasteiger partial charge < -0.3 is 10.1 Å². The number of rotatable bonds is 9. The van der Waals surface area contributed by atoms with Gasteiger partial charge in [-0.25, -0.2) is 9.97 Å². The highest BCUT2D eigenvalue weighted by atomic mass is 32.2. The molecule has 2 heterocycles. The molecule has 0 radical (unpaired) electrons. The average Bonchev–Trinajstić information content (AvgIpc) is 3.46. The van der Waals surface area contributed by atoms with Crippen molar-refractivity contribution in [2.24, 2.45) is 0 Å². The molecule has 5 aromatic rings. The van der Waals surface area contributed by atoms with Gasteiger partial charge in [-0.3, -0.25) is 4.79 Å². The van der Waals surface area contributed by atoms with Gasteiger partial charge >= 0.3 is 0 Å². The number of amides is 1. The summed E-state index contributed by atoms with van der Waals surface area (Å²) in [6.07, 6.45) is 0. The summed E-state index contributed by atoms with van der Waals surface area (Å²) in [4.78, 5) is 22.6. The van der Waals surface area contributed by atoms with Crippen LogP contribution >= 0.6 is 23.1 Å². The van der Waals surface area contributed by atoms with E-state index in [0.717, 1.165) is 39.4 Å². The molecular formula is C32H26N4O2S2. The monoisotopic (exact) mass is 562 g/mol. The van der Waals surface area contributed by atoms with Crippen LogP contribution in [0.4, 0.5) is 5.13 Å². The Morgan fingerprint density at radius 1 is 0.950 bits per heavy atom. The number of ether oxygens (including phenoxy) is 1. The first-order chi connectivity index (χ1) is 19.6. The molecule has 0 aliphatic carbocycles. The predicted octanol–water partition coefficient (Wildman–Crippen LogP) is 7.93. The Balaban J connectivity index is 1.38. The summed E-state index contributed by atoms with van der Waals surface area (Å²) >= 11 is 2.63. The largest absolute Gasteiger partial charge is 0.494 e. The zero-order valence-corrected chi connectivity index (χ0v) is 23.6. The van der Waals surface area contributed by atoms with E-state index >= 15 is 0 Å². The molecule has 0 aliphatic heterocycles. The molecule has 0 saturated carbocycles. The lowest BCUT2D eigenvalue weighted by atomic mass is 9.99. The maximum absolute atomic E-state index is 13.2. The van der Waals surface area contributed by atoms with Crippen molar-refractivity contribution in [2.45, 2.75) is 24.1 Å². The number of pyridine rings is 1. The van der Waals surface area contributed by atoms with E-state index in [9.17, 15) is 10.1 Å². The fourth-order valence-corrected chi connectivity index (χ4v) is 5.75. The third-order valence-corrected chi connectivity index (χ3v) is 7.95. The molecule has 5 rings (SSSR count). The van der Waals surface area contributed by atoms with Crippen LogP contribution in [0, 0.1) is 11.3 Å². The summed E-state index contributed by atoms with van der Waals surface area (Å²) < 4.78 is 5.51. The predicted molar refractivity (Wildman–Crippen MR) is 162 cm³/mol. The van der Waals surface area contributed by atoms with Gasteiger partial charge in [0.15, 0.2) is 5.13 Å². The summed E-state index contributed by atoms with van der Waals surface area (Å²) in [5, 5.41) is 15.5. The van der Waals surface area contributed by atoms with Crippen LogP contribution in [0.1, 0.15) is 19.4 Å². The third kappa shape index (κ3) is 6.23.